The van der Waals surface area contributed by atoms with Gasteiger partial charge in [-0.15, -0.1) is 0 Å². The Balaban J connectivity index is 2.21. The Bertz CT molecular complexity index is 559. The van der Waals surface area contributed by atoms with Crippen LogP contribution in [0, 0.1) is 5.82 Å². The molecule has 4 heteroatoms. The fraction of sp³-hybridized carbons (Fsp3) is 0.143. The number of aromatic hydroxyl groups is 1. The predicted octanol–water partition coefficient (Wildman–Crippen LogP) is 4.47. The number of hydrogen-bond donors (Lipinski definition) is 2. The van der Waals surface area contributed by atoms with Gasteiger partial charge in [0.15, 0.2) is 0 Å². The van der Waals surface area contributed by atoms with Gasteiger partial charge >= 0.3 is 0 Å². The third-order valence-corrected chi connectivity index (χ3v) is 3.16. The number of anilines is 1. The van der Waals surface area contributed by atoms with E-state index >= 15 is 0 Å². The van der Waals surface area contributed by atoms with E-state index in [1.165, 1.54) is 6.07 Å². The molecule has 2 N–H and O–H groups in total. The van der Waals surface area contributed by atoms with Gasteiger partial charge in [-0.3, -0.25) is 0 Å². The monoisotopic (exact) mass is 309 g/mol. The largest absolute Gasteiger partial charge is 0.508 e. The van der Waals surface area contributed by atoms with E-state index in [1.807, 2.05) is 13.0 Å². The number of phenols is 1. The highest BCUT2D eigenvalue weighted by molar-refractivity contribution is 9.10. The van der Waals surface area contributed by atoms with Crippen LogP contribution >= 0.6 is 15.9 Å². The van der Waals surface area contributed by atoms with Crippen LogP contribution in [0.2, 0.25) is 0 Å². The molecule has 2 rings (SSSR count). The van der Waals surface area contributed by atoms with Crippen LogP contribution in [0.5, 0.6) is 5.75 Å². The Hall–Kier alpha value is -1.55. The summed E-state index contributed by atoms with van der Waals surface area (Å²) in [6.07, 6.45) is 0. The molecular weight excluding hydrogens is 297 g/mol. The van der Waals surface area contributed by atoms with Crippen molar-refractivity contribution in [2.75, 3.05) is 5.32 Å². The SMILES string of the molecule is CC(Nc1cc(Br)ccc1F)c1cccc(O)c1. The molecule has 0 amide bonds. The zero-order chi connectivity index (χ0) is 13.1. The fourth-order valence-electron chi connectivity index (χ4n) is 1.72. The van der Waals surface area contributed by atoms with Crippen LogP contribution < -0.4 is 5.32 Å². The van der Waals surface area contributed by atoms with Crippen molar-refractivity contribution in [3.05, 3.63) is 58.3 Å². The van der Waals surface area contributed by atoms with Gasteiger partial charge in [-0.25, -0.2) is 4.39 Å². The van der Waals surface area contributed by atoms with Crippen molar-refractivity contribution in [1.29, 1.82) is 0 Å². The Kier molecular flexibility index (Phi) is 3.87. The lowest BCUT2D eigenvalue weighted by Gasteiger charge is -2.16. The summed E-state index contributed by atoms with van der Waals surface area (Å²) < 4.78 is 14.4. The first-order chi connectivity index (χ1) is 8.56. The quantitative estimate of drug-likeness (QED) is 0.877. The van der Waals surface area contributed by atoms with Crippen molar-refractivity contribution < 1.29 is 9.50 Å². The second kappa shape index (κ2) is 5.40. The summed E-state index contributed by atoms with van der Waals surface area (Å²) in [6, 6.07) is 11.6. The van der Waals surface area contributed by atoms with E-state index in [4.69, 9.17) is 0 Å². The highest BCUT2D eigenvalue weighted by Gasteiger charge is 2.09. The van der Waals surface area contributed by atoms with Gasteiger partial charge in [0.2, 0.25) is 0 Å². The van der Waals surface area contributed by atoms with Gasteiger partial charge in [-0.1, -0.05) is 28.1 Å². The Morgan fingerprint density at radius 1 is 1.22 bits per heavy atom. The zero-order valence-corrected chi connectivity index (χ0v) is 11.4. The van der Waals surface area contributed by atoms with Crippen LogP contribution in [-0.2, 0) is 0 Å². The Labute approximate surface area is 114 Å². The second-order valence-electron chi connectivity index (χ2n) is 4.09. The number of rotatable bonds is 3. The molecule has 0 saturated heterocycles. The van der Waals surface area contributed by atoms with Crippen molar-refractivity contribution in [2.45, 2.75) is 13.0 Å². The van der Waals surface area contributed by atoms with Gasteiger partial charge in [0.05, 0.1) is 5.69 Å². The maximum Gasteiger partial charge on any atom is 0.146 e. The molecule has 2 aromatic carbocycles. The summed E-state index contributed by atoms with van der Waals surface area (Å²) in [5.74, 6) is -0.0962. The third-order valence-electron chi connectivity index (χ3n) is 2.67. The summed E-state index contributed by atoms with van der Waals surface area (Å²) in [4.78, 5) is 0. The zero-order valence-electron chi connectivity index (χ0n) is 9.82. The summed E-state index contributed by atoms with van der Waals surface area (Å²) in [7, 11) is 0. The minimum Gasteiger partial charge on any atom is -0.508 e. The van der Waals surface area contributed by atoms with Crippen molar-refractivity contribution >= 4 is 21.6 Å². The summed E-state index contributed by atoms with van der Waals surface area (Å²) in [5, 5.41) is 12.5. The molecule has 0 heterocycles. The van der Waals surface area contributed by atoms with E-state index in [-0.39, 0.29) is 17.6 Å². The topological polar surface area (TPSA) is 32.3 Å². The van der Waals surface area contributed by atoms with Gasteiger partial charge in [-0.05, 0) is 42.8 Å². The van der Waals surface area contributed by atoms with E-state index in [9.17, 15) is 9.50 Å². The van der Waals surface area contributed by atoms with E-state index < -0.39 is 0 Å². The molecule has 0 fully saturated rings. The number of phenolic OH excluding ortho intramolecular Hbond substituents is 1. The molecule has 0 bridgehead atoms. The standard InChI is InChI=1S/C14H13BrFNO/c1-9(10-3-2-4-12(18)7-10)17-14-8-11(15)5-6-13(14)16/h2-9,17-18H,1H3. The van der Waals surface area contributed by atoms with Gasteiger partial charge in [0.25, 0.3) is 0 Å². The fourth-order valence-corrected chi connectivity index (χ4v) is 2.08. The molecular formula is C14H13BrFNO. The average Bonchev–Trinajstić information content (AvgIpc) is 2.34. The smallest absolute Gasteiger partial charge is 0.146 e. The van der Waals surface area contributed by atoms with E-state index in [0.29, 0.717) is 5.69 Å². The van der Waals surface area contributed by atoms with Crippen molar-refractivity contribution in [3.8, 4) is 5.75 Å². The first kappa shape index (κ1) is 12.9. The molecule has 0 aliphatic rings. The lowest BCUT2D eigenvalue weighted by molar-refractivity contribution is 0.474. The normalized spacial score (nSPS) is 12.2. The van der Waals surface area contributed by atoms with Crippen LogP contribution in [0.15, 0.2) is 46.9 Å². The highest BCUT2D eigenvalue weighted by Crippen LogP contribution is 2.26. The summed E-state index contributed by atoms with van der Waals surface area (Å²) >= 11 is 3.31. The van der Waals surface area contributed by atoms with Gasteiger partial charge < -0.3 is 10.4 Å². The van der Waals surface area contributed by atoms with Crippen LogP contribution in [0.1, 0.15) is 18.5 Å². The maximum absolute atomic E-state index is 13.6. The van der Waals surface area contributed by atoms with Gasteiger partial charge in [-0.2, -0.15) is 0 Å². The second-order valence-corrected chi connectivity index (χ2v) is 5.00. The molecule has 94 valence electrons. The minimum atomic E-state index is -0.301. The van der Waals surface area contributed by atoms with Crippen LogP contribution in [-0.4, -0.2) is 5.11 Å². The van der Waals surface area contributed by atoms with Gasteiger partial charge in [0.1, 0.15) is 11.6 Å². The molecule has 1 unspecified atom stereocenters. The van der Waals surface area contributed by atoms with Gasteiger partial charge in [0, 0.05) is 10.5 Å². The number of halogens is 2. The molecule has 0 aliphatic carbocycles. The Morgan fingerprint density at radius 3 is 2.72 bits per heavy atom. The lowest BCUT2D eigenvalue weighted by atomic mass is 10.1. The first-order valence-corrected chi connectivity index (χ1v) is 6.36. The molecule has 0 spiro atoms. The van der Waals surface area contributed by atoms with Crippen LogP contribution in [0.25, 0.3) is 0 Å². The predicted molar refractivity (Wildman–Crippen MR) is 74.2 cm³/mol. The van der Waals surface area contributed by atoms with E-state index in [1.54, 1.807) is 30.3 Å². The summed E-state index contributed by atoms with van der Waals surface area (Å²) in [6.45, 7) is 1.91. The number of hydrogen-bond acceptors (Lipinski definition) is 2. The molecule has 0 saturated carbocycles. The highest BCUT2D eigenvalue weighted by atomic mass is 79.9. The minimum absolute atomic E-state index is 0.0964. The van der Waals surface area contributed by atoms with Crippen molar-refractivity contribution in [3.63, 3.8) is 0 Å². The maximum atomic E-state index is 13.6. The van der Waals surface area contributed by atoms with Crippen molar-refractivity contribution in [2.24, 2.45) is 0 Å². The lowest BCUT2D eigenvalue weighted by Crippen LogP contribution is -2.07. The molecule has 1 atom stereocenters. The molecule has 0 radical (unpaired) electrons. The molecule has 0 aliphatic heterocycles. The van der Waals surface area contributed by atoms with E-state index in [2.05, 4.69) is 21.2 Å². The average molecular weight is 310 g/mol. The molecule has 18 heavy (non-hydrogen) atoms. The first-order valence-electron chi connectivity index (χ1n) is 5.57. The van der Waals surface area contributed by atoms with Crippen LogP contribution in [0.4, 0.5) is 10.1 Å². The molecule has 0 aromatic heterocycles. The third kappa shape index (κ3) is 3.01. The summed E-state index contributed by atoms with van der Waals surface area (Å²) in [5.41, 5.74) is 1.33. The number of nitrogens with one attached hydrogen (secondary N) is 1. The van der Waals surface area contributed by atoms with Crippen LogP contribution in [0.3, 0.4) is 0 Å². The molecule has 2 nitrogen and oxygen atoms in total. The Morgan fingerprint density at radius 2 is 2.00 bits per heavy atom. The van der Waals surface area contributed by atoms with E-state index in [0.717, 1.165) is 10.0 Å². The number of benzene rings is 2. The van der Waals surface area contributed by atoms with Crippen molar-refractivity contribution in [1.82, 2.24) is 0 Å². The molecule has 2 aromatic rings.